The van der Waals surface area contributed by atoms with Crippen LogP contribution in [0.5, 0.6) is 0 Å². The molecule has 0 unspecified atom stereocenters. The molecule has 2 amide bonds. The monoisotopic (exact) mass is 226 g/mol. The van der Waals surface area contributed by atoms with Crippen molar-refractivity contribution in [3.05, 3.63) is 25.3 Å². The van der Waals surface area contributed by atoms with Gasteiger partial charge in [0.15, 0.2) is 0 Å². The van der Waals surface area contributed by atoms with E-state index in [2.05, 4.69) is 32.7 Å². The maximum absolute atomic E-state index is 11.1. The van der Waals surface area contributed by atoms with E-state index in [0.717, 1.165) is 32.0 Å². The lowest BCUT2D eigenvalue weighted by molar-refractivity contribution is -0.126. The third-order valence-electron chi connectivity index (χ3n) is 1.67. The highest BCUT2D eigenvalue weighted by Gasteiger charge is 2.05. The van der Waals surface area contributed by atoms with Crippen LogP contribution in [-0.2, 0) is 9.59 Å². The largest absolute Gasteiger partial charge is 0.366 e. The van der Waals surface area contributed by atoms with Crippen molar-refractivity contribution in [3.8, 4) is 0 Å². The van der Waals surface area contributed by atoms with Crippen LogP contribution in [0.2, 0.25) is 0 Å². The van der Waals surface area contributed by atoms with Crippen molar-refractivity contribution in [1.29, 1.82) is 0 Å². The van der Waals surface area contributed by atoms with Gasteiger partial charge in [-0.15, -0.1) is 0 Å². The summed E-state index contributed by atoms with van der Waals surface area (Å²) < 4.78 is 0. The molecule has 0 spiro atoms. The zero-order valence-corrected chi connectivity index (χ0v) is 10.2. The molecule has 0 saturated carbocycles. The van der Waals surface area contributed by atoms with Gasteiger partial charge in [0.25, 0.3) is 0 Å². The maximum Gasteiger partial charge on any atom is 0.245 e. The van der Waals surface area contributed by atoms with Crippen LogP contribution in [0.4, 0.5) is 0 Å². The number of hydrogen-bond donors (Lipinski definition) is 1. The van der Waals surface area contributed by atoms with E-state index >= 15 is 0 Å². The molecule has 2 N–H and O–H groups in total. The molecule has 0 rings (SSSR count). The first-order chi connectivity index (χ1) is 7.53. The summed E-state index contributed by atoms with van der Waals surface area (Å²) in [6.07, 6.45) is 4.46. The van der Waals surface area contributed by atoms with Crippen LogP contribution in [0.15, 0.2) is 25.3 Å². The van der Waals surface area contributed by atoms with Gasteiger partial charge in [-0.1, -0.05) is 27.0 Å². The summed E-state index contributed by atoms with van der Waals surface area (Å²) >= 11 is 0. The average Bonchev–Trinajstić information content (AvgIpc) is 2.28. The molecule has 0 heterocycles. The zero-order chi connectivity index (χ0) is 13.0. The quantitative estimate of drug-likeness (QED) is 0.697. The van der Waals surface area contributed by atoms with Crippen molar-refractivity contribution in [3.63, 3.8) is 0 Å². The van der Waals surface area contributed by atoms with Gasteiger partial charge in [-0.3, -0.25) is 9.59 Å². The van der Waals surface area contributed by atoms with Gasteiger partial charge >= 0.3 is 0 Å². The average molecular weight is 226 g/mol. The lowest BCUT2D eigenvalue weighted by Crippen LogP contribution is -2.30. The Morgan fingerprint density at radius 2 is 1.50 bits per heavy atom. The number of nitrogens with zero attached hydrogens (tertiary/aromatic N) is 1. The summed E-state index contributed by atoms with van der Waals surface area (Å²) in [5, 5.41) is 0. The molecule has 0 bridgehead atoms. The molecule has 0 fully saturated rings. The van der Waals surface area contributed by atoms with Gasteiger partial charge < -0.3 is 10.6 Å². The van der Waals surface area contributed by atoms with E-state index in [0.29, 0.717) is 0 Å². The molecular weight excluding hydrogens is 204 g/mol. The Kier molecular flexibility index (Phi) is 12.1. The second kappa shape index (κ2) is 11.5. The summed E-state index contributed by atoms with van der Waals surface area (Å²) in [4.78, 5) is 22.4. The number of primary amides is 1. The van der Waals surface area contributed by atoms with Gasteiger partial charge in [0.2, 0.25) is 11.8 Å². The smallest absolute Gasteiger partial charge is 0.245 e. The van der Waals surface area contributed by atoms with Crippen LogP contribution in [0.1, 0.15) is 26.7 Å². The van der Waals surface area contributed by atoms with E-state index in [4.69, 9.17) is 0 Å². The highest BCUT2D eigenvalue weighted by atomic mass is 16.2. The third-order valence-corrected chi connectivity index (χ3v) is 1.67. The predicted molar refractivity (Wildman–Crippen MR) is 66.8 cm³/mol. The maximum atomic E-state index is 11.1. The Bertz CT molecular complexity index is 231. The fraction of sp³-hybridized carbons (Fsp3) is 0.500. The number of carbonyl (C=O) groups excluding carboxylic acids is 2. The molecule has 0 aromatic heterocycles. The Labute approximate surface area is 97.8 Å². The molecule has 0 atom stereocenters. The summed E-state index contributed by atoms with van der Waals surface area (Å²) in [7, 11) is 0. The molecule has 0 aliphatic heterocycles. The fourth-order valence-corrected chi connectivity index (χ4v) is 1.00. The van der Waals surface area contributed by atoms with Crippen molar-refractivity contribution < 1.29 is 9.59 Å². The van der Waals surface area contributed by atoms with Crippen molar-refractivity contribution >= 4 is 11.8 Å². The Morgan fingerprint density at radius 1 is 1.12 bits per heavy atom. The molecule has 0 radical (unpaired) electrons. The molecular formula is C12H22N2O2. The standard InChI is InChI=1S/C9H17NO.C3H5NO/c1-4-7-10(8-5-2)9(11)6-3;1-2-3(4)5/h6H,3-5,7-8H2,1-2H3;2H,1H2,(H2,4,5). The number of amides is 2. The minimum Gasteiger partial charge on any atom is -0.366 e. The number of rotatable bonds is 6. The predicted octanol–water partition coefficient (Wildman–Crippen LogP) is 1.48. The van der Waals surface area contributed by atoms with Crippen molar-refractivity contribution in [2.75, 3.05) is 13.1 Å². The first kappa shape index (κ1) is 16.8. The van der Waals surface area contributed by atoms with Crippen molar-refractivity contribution in [2.24, 2.45) is 5.73 Å². The first-order valence-electron chi connectivity index (χ1n) is 5.36. The molecule has 4 heteroatoms. The van der Waals surface area contributed by atoms with Gasteiger partial charge in [-0.25, -0.2) is 0 Å². The number of carbonyl (C=O) groups is 2. The van der Waals surface area contributed by atoms with E-state index in [9.17, 15) is 9.59 Å². The second-order valence-electron chi connectivity index (χ2n) is 3.14. The SMILES string of the molecule is C=CC(=O)N(CCC)CCC.C=CC(N)=O. The van der Waals surface area contributed by atoms with E-state index < -0.39 is 5.91 Å². The minimum atomic E-state index is -0.481. The van der Waals surface area contributed by atoms with Gasteiger partial charge in [0, 0.05) is 13.1 Å². The van der Waals surface area contributed by atoms with E-state index in [-0.39, 0.29) is 5.91 Å². The van der Waals surface area contributed by atoms with Crippen molar-refractivity contribution in [2.45, 2.75) is 26.7 Å². The van der Waals surface area contributed by atoms with E-state index in [1.54, 1.807) is 0 Å². The Balaban J connectivity index is 0. The van der Waals surface area contributed by atoms with Crippen LogP contribution in [0.25, 0.3) is 0 Å². The zero-order valence-electron chi connectivity index (χ0n) is 10.2. The van der Waals surface area contributed by atoms with Crippen LogP contribution in [-0.4, -0.2) is 29.8 Å². The lowest BCUT2D eigenvalue weighted by Gasteiger charge is -2.18. The minimum absolute atomic E-state index is 0.0497. The number of nitrogens with two attached hydrogens (primary N) is 1. The van der Waals surface area contributed by atoms with E-state index in [1.807, 2.05) is 4.90 Å². The van der Waals surface area contributed by atoms with Crippen molar-refractivity contribution in [1.82, 2.24) is 4.90 Å². The summed E-state index contributed by atoms with van der Waals surface area (Å²) in [6.45, 7) is 12.4. The summed E-state index contributed by atoms with van der Waals surface area (Å²) in [6, 6.07) is 0. The molecule has 4 nitrogen and oxygen atoms in total. The van der Waals surface area contributed by atoms with E-state index in [1.165, 1.54) is 6.08 Å². The van der Waals surface area contributed by atoms with Gasteiger partial charge in [-0.05, 0) is 25.0 Å². The first-order valence-corrected chi connectivity index (χ1v) is 5.36. The van der Waals surface area contributed by atoms with Crippen LogP contribution in [0, 0.1) is 0 Å². The Morgan fingerprint density at radius 3 is 1.69 bits per heavy atom. The molecule has 0 aliphatic rings. The third kappa shape index (κ3) is 10.5. The molecule has 0 aromatic carbocycles. The van der Waals surface area contributed by atoms with Crippen LogP contribution in [0.3, 0.4) is 0 Å². The van der Waals surface area contributed by atoms with Gasteiger partial charge in [-0.2, -0.15) is 0 Å². The highest BCUT2D eigenvalue weighted by Crippen LogP contribution is 1.95. The molecule has 0 aromatic rings. The lowest BCUT2D eigenvalue weighted by atomic mass is 10.3. The molecule has 92 valence electrons. The van der Waals surface area contributed by atoms with Gasteiger partial charge in [0.05, 0.1) is 0 Å². The molecule has 0 aliphatic carbocycles. The summed E-state index contributed by atoms with van der Waals surface area (Å²) in [5.74, 6) is -0.432. The van der Waals surface area contributed by atoms with Crippen LogP contribution >= 0.6 is 0 Å². The number of hydrogen-bond acceptors (Lipinski definition) is 2. The molecule has 16 heavy (non-hydrogen) atoms. The second-order valence-corrected chi connectivity index (χ2v) is 3.14. The normalized spacial score (nSPS) is 8.38. The topological polar surface area (TPSA) is 63.4 Å². The van der Waals surface area contributed by atoms with Crippen LogP contribution < -0.4 is 5.73 Å². The fourth-order valence-electron chi connectivity index (χ4n) is 1.00. The molecule has 0 saturated heterocycles. The highest BCUT2D eigenvalue weighted by molar-refractivity contribution is 5.86. The summed E-state index contributed by atoms with van der Waals surface area (Å²) in [5.41, 5.74) is 4.53. The van der Waals surface area contributed by atoms with Gasteiger partial charge in [0.1, 0.15) is 0 Å². The Hall–Kier alpha value is -1.58.